The fourth-order valence-electron chi connectivity index (χ4n) is 4.78. The van der Waals surface area contributed by atoms with Crippen molar-refractivity contribution in [1.29, 1.82) is 5.41 Å². The fraction of sp³-hybridized carbons (Fsp3) is 0.185. The molecule has 0 bridgehead atoms. The SMILES string of the molecule is Cc1cc(Oc2ccccc2)ccc1N1C(=O)Nc2c(C(=O)N[C@H]3CCCC3=N)sc3nccc1c23. The van der Waals surface area contributed by atoms with Gasteiger partial charge in [0, 0.05) is 11.9 Å². The number of nitrogens with zero attached hydrogens (tertiary/aromatic N) is 2. The van der Waals surface area contributed by atoms with E-state index in [-0.39, 0.29) is 18.0 Å². The number of thiophene rings is 1. The van der Waals surface area contributed by atoms with Crippen molar-refractivity contribution in [2.75, 3.05) is 10.2 Å². The molecule has 0 saturated heterocycles. The van der Waals surface area contributed by atoms with Gasteiger partial charge in [-0.15, -0.1) is 11.3 Å². The Kier molecular flexibility index (Phi) is 5.41. The van der Waals surface area contributed by atoms with Crippen LogP contribution in [0.1, 0.15) is 34.5 Å². The van der Waals surface area contributed by atoms with Gasteiger partial charge in [-0.3, -0.25) is 9.69 Å². The van der Waals surface area contributed by atoms with Crippen LogP contribution in [0.5, 0.6) is 11.5 Å². The molecule has 1 atom stereocenters. The van der Waals surface area contributed by atoms with Gasteiger partial charge in [0.1, 0.15) is 21.2 Å². The van der Waals surface area contributed by atoms with Crippen LogP contribution < -0.4 is 20.3 Å². The number of amides is 3. The maximum atomic E-state index is 13.4. The lowest BCUT2D eigenvalue weighted by atomic mass is 10.1. The van der Waals surface area contributed by atoms with Crippen molar-refractivity contribution in [2.45, 2.75) is 32.2 Å². The molecular formula is C27H23N5O3S. The molecule has 3 N–H and O–H groups in total. The van der Waals surface area contributed by atoms with E-state index in [9.17, 15) is 9.59 Å². The van der Waals surface area contributed by atoms with Crippen LogP contribution in [0.25, 0.3) is 10.2 Å². The topological polar surface area (TPSA) is 107 Å². The molecule has 2 aromatic carbocycles. The molecule has 9 heteroatoms. The van der Waals surface area contributed by atoms with Crippen molar-refractivity contribution >= 4 is 56.3 Å². The van der Waals surface area contributed by atoms with Gasteiger partial charge in [-0.2, -0.15) is 0 Å². The predicted octanol–water partition coefficient (Wildman–Crippen LogP) is 6.38. The Balaban J connectivity index is 1.36. The number of para-hydroxylation sites is 1. The quantitative estimate of drug-likeness (QED) is 0.297. The molecule has 1 saturated carbocycles. The normalized spacial score (nSPS) is 16.8. The van der Waals surface area contributed by atoms with Gasteiger partial charge < -0.3 is 20.8 Å². The number of nitrogens with one attached hydrogen (secondary N) is 3. The number of urea groups is 1. The molecule has 0 radical (unpaired) electrons. The molecule has 6 rings (SSSR count). The summed E-state index contributed by atoms with van der Waals surface area (Å²) in [6.45, 7) is 1.93. The summed E-state index contributed by atoms with van der Waals surface area (Å²) in [7, 11) is 0. The molecule has 0 spiro atoms. The molecule has 180 valence electrons. The van der Waals surface area contributed by atoms with Crippen LogP contribution in [-0.4, -0.2) is 28.7 Å². The first kappa shape index (κ1) is 22.2. The summed E-state index contributed by atoms with van der Waals surface area (Å²) < 4.78 is 5.95. The molecule has 4 aromatic rings. The highest BCUT2D eigenvalue weighted by molar-refractivity contribution is 7.21. The van der Waals surface area contributed by atoms with Gasteiger partial charge in [0.25, 0.3) is 5.91 Å². The molecule has 3 amide bonds. The van der Waals surface area contributed by atoms with Crippen molar-refractivity contribution in [1.82, 2.24) is 10.3 Å². The minimum absolute atomic E-state index is 0.252. The summed E-state index contributed by atoms with van der Waals surface area (Å²) in [6.07, 6.45) is 4.02. The van der Waals surface area contributed by atoms with E-state index in [4.69, 9.17) is 10.1 Å². The van der Waals surface area contributed by atoms with Crippen molar-refractivity contribution in [2.24, 2.45) is 0 Å². The summed E-state index contributed by atoms with van der Waals surface area (Å²) in [5, 5.41) is 14.7. The Hall–Kier alpha value is -4.24. The van der Waals surface area contributed by atoms with Gasteiger partial charge in [0.15, 0.2) is 0 Å². The second-order valence-corrected chi connectivity index (χ2v) is 9.89. The van der Waals surface area contributed by atoms with Crippen LogP contribution in [-0.2, 0) is 0 Å². The summed E-state index contributed by atoms with van der Waals surface area (Å²) in [4.78, 5) is 33.7. The number of hydrogen-bond acceptors (Lipinski definition) is 6. The average Bonchev–Trinajstić information content (AvgIpc) is 3.45. The third-order valence-corrected chi connectivity index (χ3v) is 7.60. The second kappa shape index (κ2) is 8.76. The van der Waals surface area contributed by atoms with Crippen molar-refractivity contribution in [3.8, 4) is 11.5 Å². The van der Waals surface area contributed by atoms with Crippen molar-refractivity contribution in [3.63, 3.8) is 0 Å². The molecule has 1 aliphatic heterocycles. The second-order valence-electron chi connectivity index (χ2n) is 8.89. The number of anilines is 3. The highest BCUT2D eigenvalue weighted by atomic mass is 32.1. The first-order chi connectivity index (χ1) is 17.5. The highest BCUT2D eigenvalue weighted by Gasteiger charge is 2.34. The minimum Gasteiger partial charge on any atom is -0.457 e. The Morgan fingerprint density at radius 3 is 2.75 bits per heavy atom. The van der Waals surface area contributed by atoms with Crippen LogP contribution in [0.2, 0.25) is 0 Å². The van der Waals surface area contributed by atoms with Crippen LogP contribution in [0.3, 0.4) is 0 Å². The van der Waals surface area contributed by atoms with E-state index in [2.05, 4.69) is 15.6 Å². The zero-order chi connectivity index (χ0) is 24.8. The van der Waals surface area contributed by atoms with Crippen molar-refractivity contribution in [3.05, 3.63) is 71.2 Å². The molecule has 0 unspecified atom stereocenters. The Labute approximate surface area is 211 Å². The van der Waals surface area contributed by atoms with Crippen LogP contribution in [0.15, 0.2) is 60.8 Å². The first-order valence-electron chi connectivity index (χ1n) is 11.7. The van der Waals surface area contributed by atoms with Gasteiger partial charge >= 0.3 is 6.03 Å². The maximum absolute atomic E-state index is 13.4. The third-order valence-electron chi connectivity index (χ3n) is 6.51. The number of ether oxygens (including phenoxy) is 1. The molecule has 2 aliphatic rings. The lowest BCUT2D eigenvalue weighted by Crippen LogP contribution is -2.38. The lowest BCUT2D eigenvalue weighted by molar-refractivity contribution is 0.0951. The number of aromatic nitrogens is 1. The Morgan fingerprint density at radius 1 is 1.17 bits per heavy atom. The van der Waals surface area contributed by atoms with Gasteiger partial charge in [-0.25, -0.2) is 9.78 Å². The number of pyridine rings is 1. The molecule has 3 heterocycles. The minimum atomic E-state index is -0.351. The highest BCUT2D eigenvalue weighted by Crippen LogP contribution is 2.46. The van der Waals surface area contributed by atoms with E-state index in [1.165, 1.54) is 11.3 Å². The monoisotopic (exact) mass is 497 g/mol. The fourth-order valence-corrected chi connectivity index (χ4v) is 5.80. The smallest absolute Gasteiger partial charge is 0.331 e. The molecule has 8 nitrogen and oxygen atoms in total. The molecule has 2 aromatic heterocycles. The Morgan fingerprint density at radius 2 is 2.00 bits per heavy atom. The number of carbonyl (C=O) groups excluding carboxylic acids is 2. The van der Waals surface area contributed by atoms with E-state index >= 15 is 0 Å². The summed E-state index contributed by atoms with van der Waals surface area (Å²) in [5.74, 6) is 1.12. The average molecular weight is 498 g/mol. The molecular weight excluding hydrogens is 474 g/mol. The number of benzene rings is 2. The zero-order valence-electron chi connectivity index (χ0n) is 19.5. The molecule has 1 aliphatic carbocycles. The number of carbonyl (C=O) groups is 2. The summed E-state index contributed by atoms with van der Waals surface area (Å²) in [5.41, 5.74) is 3.26. The largest absolute Gasteiger partial charge is 0.457 e. The van der Waals surface area contributed by atoms with Gasteiger partial charge in [0.05, 0.1) is 28.5 Å². The van der Waals surface area contributed by atoms with E-state index in [1.807, 2.05) is 55.5 Å². The molecule has 1 fully saturated rings. The zero-order valence-corrected chi connectivity index (χ0v) is 20.3. The van der Waals surface area contributed by atoms with E-state index in [0.717, 1.165) is 29.5 Å². The number of aryl methyl sites for hydroxylation is 1. The molecule has 36 heavy (non-hydrogen) atoms. The van der Waals surface area contributed by atoms with Gasteiger partial charge in [-0.05, 0) is 68.1 Å². The van der Waals surface area contributed by atoms with Crippen LogP contribution >= 0.6 is 11.3 Å². The van der Waals surface area contributed by atoms with Gasteiger partial charge in [-0.1, -0.05) is 18.2 Å². The summed E-state index contributed by atoms with van der Waals surface area (Å²) >= 11 is 1.25. The Bertz CT molecular complexity index is 1530. The van der Waals surface area contributed by atoms with Crippen molar-refractivity contribution < 1.29 is 14.3 Å². The summed E-state index contributed by atoms with van der Waals surface area (Å²) in [6, 6.07) is 16.3. The predicted molar refractivity (Wildman–Crippen MR) is 141 cm³/mol. The maximum Gasteiger partial charge on any atom is 0.331 e. The first-order valence-corrected chi connectivity index (χ1v) is 12.6. The number of hydrogen-bond donors (Lipinski definition) is 3. The third kappa shape index (κ3) is 3.77. The van der Waals surface area contributed by atoms with Crippen LogP contribution in [0.4, 0.5) is 21.9 Å². The van der Waals surface area contributed by atoms with Crippen LogP contribution in [0, 0.1) is 12.3 Å². The van der Waals surface area contributed by atoms with E-state index in [1.54, 1.807) is 17.2 Å². The van der Waals surface area contributed by atoms with E-state index in [0.29, 0.717) is 44.7 Å². The standard InChI is InChI=1S/C27H23N5O3S/c1-15-14-17(35-16-6-3-2-4-7-16)10-11-20(15)32-21-12-13-29-26-22(21)23(31-27(32)34)24(36-26)25(33)30-19-9-5-8-18(19)28/h2-4,6-7,10-14,19,28H,5,8-9H2,1H3,(H,30,33)(H,31,34)/t19-/m0/s1. The number of rotatable bonds is 5. The van der Waals surface area contributed by atoms with Gasteiger partial charge in [0.2, 0.25) is 0 Å². The lowest BCUT2D eigenvalue weighted by Gasteiger charge is -2.29. The van der Waals surface area contributed by atoms with E-state index < -0.39 is 0 Å².